The van der Waals surface area contributed by atoms with E-state index in [1.807, 2.05) is 0 Å². The van der Waals surface area contributed by atoms with Gasteiger partial charge < -0.3 is 9.47 Å². The number of methoxy groups -OCH3 is 1. The minimum Gasteiger partial charge on any atom is -0.461 e. The third kappa shape index (κ3) is 3.19. The second kappa shape index (κ2) is 6.78. The quantitative estimate of drug-likeness (QED) is 0.363. The Morgan fingerprint density at radius 3 is 1.96 bits per heavy atom. The monoisotopic (exact) mass is 328 g/mol. The Morgan fingerprint density at radius 2 is 1.48 bits per heavy atom. The number of rotatable bonds is 5. The number of carbonyl (C=O) groups is 1. The molecule has 0 heterocycles. The Kier molecular flexibility index (Phi) is 5.00. The number of carbonyl (C=O) groups excluding carboxylic acids is 1. The zero-order chi connectivity index (χ0) is 17.1. The minimum atomic E-state index is -1.82. The molecule has 0 aromatic heterocycles. The van der Waals surface area contributed by atoms with E-state index in [-0.39, 0.29) is 5.56 Å². The average Bonchev–Trinajstić information content (AvgIpc) is 2.54. The Bertz CT molecular complexity index is 713. The van der Waals surface area contributed by atoms with E-state index in [0.29, 0.717) is 0 Å². The van der Waals surface area contributed by atoms with Crippen LogP contribution in [0.5, 0.6) is 5.75 Å². The molecule has 7 heteroatoms. The van der Waals surface area contributed by atoms with Gasteiger partial charge in [0.15, 0.2) is 30.0 Å². The lowest BCUT2D eigenvalue weighted by molar-refractivity contribution is 0.0439. The zero-order valence-electron chi connectivity index (χ0n) is 12.3. The van der Waals surface area contributed by atoms with Crippen molar-refractivity contribution in [1.29, 1.82) is 0 Å². The molecule has 0 aliphatic carbocycles. The molecule has 23 heavy (non-hydrogen) atoms. The molecule has 0 unspecified atom stereocenters. The van der Waals surface area contributed by atoms with Crippen LogP contribution >= 0.6 is 0 Å². The molecule has 0 bridgehead atoms. The summed E-state index contributed by atoms with van der Waals surface area (Å²) in [7, 11) is 1.16. The predicted molar refractivity (Wildman–Crippen MR) is 73.4 cm³/mol. The molecule has 2 aromatic carbocycles. The molecule has 2 rings (SSSR count). The van der Waals surface area contributed by atoms with Crippen LogP contribution in [0.1, 0.15) is 21.5 Å². The zero-order valence-corrected chi connectivity index (χ0v) is 12.3. The number of halogens is 4. The molecule has 0 amide bonds. The fourth-order valence-corrected chi connectivity index (χ4v) is 1.90. The van der Waals surface area contributed by atoms with E-state index in [4.69, 9.17) is 0 Å². The smallest absolute Gasteiger partial charge is 0.204 e. The van der Waals surface area contributed by atoms with Crippen molar-refractivity contribution in [1.82, 2.24) is 0 Å². The van der Waals surface area contributed by atoms with Crippen molar-refractivity contribution in [2.75, 3.05) is 13.9 Å². The Morgan fingerprint density at radius 1 is 0.957 bits per heavy atom. The summed E-state index contributed by atoms with van der Waals surface area (Å²) in [4.78, 5) is 12.2. The first kappa shape index (κ1) is 17.0. The molecule has 0 N–H and O–H groups in total. The van der Waals surface area contributed by atoms with Crippen molar-refractivity contribution >= 4 is 5.78 Å². The number of hydrogen-bond acceptors (Lipinski definition) is 3. The third-order valence-corrected chi connectivity index (χ3v) is 3.09. The van der Waals surface area contributed by atoms with Gasteiger partial charge in [0.1, 0.15) is 5.56 Å². The van der Waals surface area contributed by atoms with Gasteiger partial charge in [0.25, 0.3) is 0 Å². The SMILES string of the molecule is COCOc1c(F)c(F)c(C(=O)c2ccc(C)cc2)c(F)c1F. The van der Waals surface area contributed by atoms with Gasteiger partial charge in [0.05, 0.1) is 0 Å². The van der Waals surface area contributed by atoms with Gasteiger partial charge in [-0.25, -0.2) is 8.78 Å². The van der Waals surface area contributed by atoms with Crippen molar-refractivity contribution in [3.63, 3.8) is 0 Å². The summed E-state index contributed by atoms with van der Waals surface area (Å²) in [6.45, 7) is 1.13. The number of ketones is 1. The summed E-state index contributed by atoms with van der Waals surface area (Å²) in [5, 5.41) is 0. The fraction of sp³-hybridized carbons (Fsp3) is 0.188. The standard InChI is InChI=1S/C16H12F4O3/c1-8-3-5-9(6-4-8)15(21)10-11(17)13(19)16(23-7-22-2)14(20)12(10)18/h3-6H,7H2,1-2H3. The first-order chi connectivity index (χ1) is 10.9. The molecule has 0 atom stereocenters. The van der Waals surface area contributed by atoms with E-state index < -0.39 is 47.2 Å². The average molecular weight is 328 g/mol. The highest BCUT2D eigenvalue weighted by molar-refractivity contribution is 6.09. The molecule has 0 spiro atoms. The molecule has 0 aliphatic heterocycles. The highest BCUT2D eigenvalue weighted by Crippen LogP contribution is 2.31. The van der Waals surface area contributed by atoms with Crippen LogP contribution in [-0.2, 0) is 4.74 Å². The molecular weight excluding hydrogens is 316 g/mol. The highest BCUT2D eigenvalue weighted by atomic mass is 19.2. The summed E-state index contributed by atoms with van der Waals surface area (Å²) in [5.74, 6) is -9.67. The van der Waals surface area contributed by atoms with Crippen LogP contribution in [0.4, 0.5) is 17.6 Å². The fourth-order valence-electron chi connectivity index (χ4n) is 1.90. The molecule has 0 radical (unpaired) electrons. The van der Waals surface area contributed by atoms with Gasteiger partial charge in [-0.05, 0) is 6.92 Å². The Hall–Kier alpha value is -2.41. The summed E-state index contributed by atoms with van der Waals surface area (Å²) in [5.41, 5.74) is -0.602. The second-order valence-corrected chi connectivity index (χ2v) is 4.71. The maximum atomic E-state index is 14.0. The van der Waals surface area contributed by atoms with E-state index in [1.165, 1.54) is 24.3 Å². The third-order valence-electron chi connectivity index (χ3n) is 3.09. The number of benzene rings is 2. The first-order valence-corrected chi connectivity index (χ1v) is 6.47. The minimum absolute atomic E-state index is 0.0993. The summed E-state index contributed by atoms with van der Waals surface area (Å²) in [6, 6.07) is 5.68. The van der Waals surface area contributed by atoms with E-state index >= 15 is 0 Å². The van der Waals surface area contributed by atoms with Crippen molar-refractivity contribution in [2.24, 2.45) is 0 Å². The van der Waals surface area contributed by atoms with Crippen molar-refractivity contribution in [2.45, 2.75) is 6.92 Å². The van der Waals surface area contributed by atoms with E-state index in [2.05, 4.69) is 9.47 Å². The lowest BCUT2D eigenvalue weighted by atomic mass is 10.0. The first-order valence-electron chi connectivity index (χ1n) is 6.47. The largest absolute Gasteiger partial charge is 0.461 e. The lowest BCUT2D eigenvalue weighted by Gasteiger charge is -2.12. The molecule has 0 aliphatic rings. The van der Waals surface area contributed by atoms with Crippen LogP contribution < -0.4 is 4.74 Å². The summed E-state index contributed by atoms with van der Waals surface area (Å²) >= 11 is 0. The van der Waals surface area contributed by atoms with E-state index in [1.54, 1.807) is 6.92 Å². The van der Waals surface area contributed by atoms with Gasteiger partial charge in [-0.15, -0.1) is 0 Å². The van der Waals surface area contributed by atoms with E-state index in [0.717, 1.165) is 12.7 Å². The Labute approximate surface area is 129 Å². The van der Waals surface area contributed by atoms with Crippen LogP contribution in [0.25, 0.3) is 0 Å². The van der Waals surface area contributed by atoms with E-state index in [9.17, 15) is 22.4 Å². The van der Waals surface area contributed by atoms with Crippen LogP contribution in [0.2, 0.25) is 0 Å². The van der Waals surface area contributed by atoms with Crippen LogP contribution in [0.3, 0.4) is 0 Å². The molecule has 0 saturated carbocycles. The molecule has 0 saturated heterocycles. The van der Waals surface area contributed by atoms with Gasteiger partial charge in [-0.1, -0.05) is 29.8 Å². The number of aryl methyl sites for hydroxylation is 1. The van der Waals surface area contributed by atoms with Gasteiger partial charge in [0.2, 0.25) is 11.6 Å². The van der Waals surface area contributed by atoms with Gasteiger partial charge in [-0.3, -0.25) is 4.79 Å². The normalized spacial score (nSPS) is 10.7. The van der Waals surface area contributed by atoms with Crippen molar-refractivity contribution in [3.8, 4) is 5.75 Å². The molecular formula is C16H12F4O3. The highest BCUT2D eigenvalue weighted by Gasteiger charge is 2.30. The number of ether oxygens (including phenoxy) is 2. The summed E-state index contributed by atoms with van der Waals surface area (Å²) in [6.07, 6.45) is 0. The van der Waals surface area contributed by atoms with Gasteiger partial charge in [-0.2, -0.15) is 8.78 Å². The topological polar surface area (TPSA) is 35.5 Å². The van der Waals surface area contributed by atoms with Gasteiger partial charge in [0, 0.05) is 12.7 Å². The predicted octanol–water partition coefficient (Wildman–Crippen LogP) is 3.77. The lowest BCUT2D eigenvalue weighted by Crippen LogP contribution is -2.14. The van der Waals surface area contributed by atoms with Crippen LogP contribution in [0.15, 0.2) is 24.3 Å². The Balaban J connectivity index is 2.55. The van der Waals surface area contributed by atoms with Crippen LogP contribution in [0, 0.1) is 30.2 Å². The molecule has 122 valence electrons. The molecule has 2 aromatic rings. The van der Waals surface area contributed by atoms with Gasteiger partial charge >= 0.3 is 0 Å². The van der Waals surface area contributed by atoms with Crippen molar-refractivity contribution in [3.05, 3.63) is 64.2 Å². The molecule has 3 nitrogen and oxygen atoms in total. The maximum Gasteiger partial charge on any atom is 0.204 e. The maximum absolute atomic E-state index is 14.0. The van der Waals surface area contributed by atoms with Crippen LogP contribution in [-0.4, -0.2) is 19.7 Å². The van der Waals surface area contributed by atoms with Crippen molar-refractivity contribution < 1.29 is 31.8 Å². The molecule has 0 fully saturated rings. The number of hydrogen-bond donors (Lipinski definition) is 0. The second-order valence-electron chi connectivity index (χ2n) is 4.71. The summed E-state index contributed by atoms with van der Waals surface area (Å²) < 4.78 is 64.6.